The number of nitrogens with zero attached hydrogens (tertiary/aromatic N) is 1. The lowest BCUT2D eigenvalue weighted by Gasteiger charge is -2.31. The van der Waals surface area contributed by atoms with Gasteiger partial charge in [0.15, 0.2) is 9.84 Å². The Morgan fingerprint density at radius 3 is 2.41 bits per heavy atom. The summed E-state index contributed by atoms with van der Waals surface area (Å²) in [6.45, 7) is 3.57. The fourth-order valence-electron chi connectivity index (χ4n) is 4.25. The summed E-state index contributed by atoms with van der Waals surface area (Å²) < 4.78 is 23.8. The predicted octanol–water partition coefficient (Wildman–Crippen LogP) is 5.31. The number of amides is 1. The van der Waals surface area contributed by atoms with Gasteiger partial charge in [0.1, 0.15) is 0 Å². The van der Waals surface area contributed by atoms with E-state index in [1.807, 2.05) is 30.3 Å². The molecule has 0 spiro atoms. The molecule has 3 aromatic carbocycles. The fraction of sp³-hybridized carbons (Fsp3) is 0.296. The summed E-state index contributed by atoms with van der Waals surface area (Å²) in [4.78, 5) is 15.1. The van der Waals surface area contributed by atoms with Crippen molar-refractivity contribution in [2.75, 3.05) is 29.1 Å². The minimum absolute atomic E-state index is 0.0580. The number of carbonyl (C=O) groups is 1. The highest BCUT2D eigenvalue weighted by Gasteiger charge is 2.17. The number of hydrogen-bond donors (Lipinski definition) is 1. The van der Waals surface area contributed by atoms with Crippen molar-refractivity contribution in [2.24, 2.45) is 0 Å². The van der Waals surface area contributed by atoms with Crippen molar-refractivity contribution in [3.05, 3.63) is 88.4 Å². The first-order chi connectivity index (χ1) is 16.3. The van der Waals surface area contributed by atoms with Gasteiger partial charge >= 0.3 is 0 Å². The minimum Gasteiger partial charge on any atom is -0.371 e. The van der Waals surface area contributed by atoms with Crippen molar-refractivity contribution in [1.29, 1.82) is 0 Å². The molecule has 0 bridgehead atoms. The first kappa shape index (κ1) is 24.3. The quantitative estimate of drug-likeness (QED) is 0.459. The summed E-state index contributed by atoms with van der Waals surface area (Å²) in [5.74, 6) is -0.0802. The Balaban J connectivity index is 1.30. The van der Waals surface area contributed by atoms with E-state index in [1.54, 1.807) is 31.2 Å². The van der Waals surface area contributed by atoms with Crippen LogP contribution in [0, 0.1) is 0 Å². The number of nitrogens with one attached hydrogen (secondary N) is 1. The standard InChI is InChI=1S/C27H29ClN2O3S/c1-2-34(32,33)25-13-7-21(8-14-25)18-27(31)29-24-11-5-20(6-12-24)15-17-30-16-3-4-22-9-10-23(28)19-26(22)30/h5-14,19H,2-4,15-18H2,1H3,(H,29,31). The number of rotatable bonds is 8. The molecule has 1 aliphatic heterocycles. The average molecular weight is 497 g/mol. The third kappa shape index (κ3) is 5.99. The topological polar surface area (TPSA) is 66.5 Å². The highest BCUT2D eigenvalue weighted by Crippen LogP contribution is 2.30. The molecule has 0 radical (unpaired) electrons. The third-order valence-electron chi connectivity index (χ3n) is 6.20. The third-order valence-corrected chi connectivity index (χ3v) is 8.18. The summed E-state index contributed by atoms with van der Waals surface area (Å²) in [5, 5.41) is 3.69. The van der Waals surface area contributed by atoms with Gasteiger partial charge < -0.3 is 10.2 Å². The molecule has 178 valence electrons. The monoisotopic (exact) mass is 496 g/mol. The van der Waals surface area contributed by atoms with Gasteiger partial charge in [-0.15, -0.1) is 0 Å². The number of fused-ring (bicyclic) bond motifs is 1. The summed E-state index contributed by atoms with van der Waals surface area (Å²) in [6, 6.07) is 20.6. The van der Waals surface area contributed by atoms with E-state index in [2.05, 4.69) is 22.3 Å². The Morgan fingerprint density at radius 2 is 1.71 bits per heavy atom. The molecule has 1 amide bonds. The molecule has 1 aliphatic rings. The van der Waals surface area contributed by atoms with Crippen molar-refractivity contribution in [3.63, 3.8) is 0 Å². The van der Waals surface area contributed by atoms with Gasteiger partial charge in [0.05, 0.1) is 17.1 Å². The van der Waals surface area contributed by atoms with E-state index in [-0.39, 0.29) is 23.0 Å². The Bertz CT molecular complexity index is 1260. The lowest BCUT2D eigenvalue weighted by Crippen LogP contribution is -2.31. The zero-order chi connectivity index (χ0) is 24.1. The van der Waals surface area contributed by atoms with Gasteiger partial charge in [-0.3, -0.25) is 4.79 Å². The maximum atomic E-state index is 12.4. The van der Waals surface area contributed by atoms with Crippen LogP contribution in [0.5, 0.6) is 0 Å². The van der Waals surface area contributed by atoms with E-state index in [0.717, 1.165) is 48.6 Å². The van der Waals surface area contributed by atoms with Crippen LogP contribution >= 0.6 is 11.6 Å². The predicted molar refractivity (Wildman–Crippen MR) is 139 cm³/mol. The van der Waals surface area contributed by atoms with E-state index in [9.17, 15) is 13.2 Å². The summed E-state index contributed by atoms with van der Waals surface area (Å²) >= 11 is 6.21. The molecule has 1 N–H and O–H groups in total. The lowest BCUT2D eigenvalue weighted by atomic mass is 10.0. The van der Waals surface area contributed by atoms with Crippen molar-refractivity contribution in [1.82, 2.24) is 0 Å². The first-order valence-corrected chi connectivity index (χ1v) is 13.6. The van der Waals surface area contributed by atoms with Gasteiger partial charge in [0.2, 0.25) is 5.91 Å². The van der Waals surface area contributed by atoms with Crippen molar-refractivity contribution in [2.45, 2.75) is 37.5 Å². The summed E-state index contributed by atoms with van der Waals surface area (Å²) in [5.41, 5.74) is 5.32. The van der Waals surface area contributed by atoms with Crippen LogP contribution in [0.4, 0.5) is 11.4 Å². The highest BCUT2D eigenvalue weighted by molar-refractivity contribution is 7.91. The van der Waals surface area contributed by atoms with Gasteiger partial charge in [0.25, 0.3) is 0 Å². The molecule has 0 unspecified atom stereocenters. The zero-order valence-corrected chi connectivity index (χ0v) is 20.8. The van der Waals surface area contributed by atoms with E-state index >= 15 is 0 Å². The van der Waals surface area contributed by atoms with Gasteiger partial charge in [-0.1, -0.05) is 48.9 Å². The molecule has 0 saturated carbocycles. The number of carbonyl (C=O) groups excluding carboxylic acids is 1. The second-order valence-corrected chi connectivity index (χ2v) is 11.3. The molecule has 0 aromatic heterocycles. The van der Waals surface area contributed by atoms with E-state index in [4.69, 9.17) is 11.6 Å². The largest absolute Gasteiger partial charge is 0.371 e. The van der Waals surface area contributed by atoms with Gasteiger partial charge in [-0.2, -0.15) is 0 Å². The highest BCUT2D eigenvalue weighted by atomic mass is 35.5. The lowest BCUT2D eigenvalue weighted by molar-refractivity contribution is -0.115. The van der Waals surface area contributed by atoms with Crippen molar-refractivity contribution < 1.29 is 13.2 Å². The maximum Gasteiger partial charge on any atom is 0.228 e. The molecule has 0 aliphatic carbocycles. The number of hydrogen-bond acceptors (Lipinski definition) is 4. The number of halogens is 1. The Hall–Kier alpha value is -2.83. The van der Waals surface area contributed by atoms with Crippen molar-refractivity contribution in [3.8, 4) is 0 Å². The summed E-state index contributed by atoms with van der Waals surface area (Å²) in [6.07, 6.45) is 3.34. The van der Waals surface area contributed by atoms with Gasteiger partial charge in [0, 0.05) is 29.5 Å². The smallest absolute Gasteiger partial charge is 0.228 e. The second kappa shape index (κ2) is 10.6. The molecule has 1 heterocycles. The van der Waals surface area contributed by atoms with Crippen LogP contribution in [0.15, 0.2) is 71.6 Å². The van der Waals surface area contributed by atoms with E-state index in [1.165, 1.54) is 16.8 Å². The minimum atomic E-state index is -3.23. The van der Waals surface area contributed by atoms with Crippen LogP contribution in [0.3, 0.4) is 0 Å². The molecular formula is C27H29ClN2O3S. The average Bonchev–Trinajstić information content (AvgIpc) is 2.84. The normalized spacial score (nSPS) is 13.4. The molecule has 0 fully saturated rings. The first-order valence-electron chi connectivity index (χ1n) is 11.6. The molecule has 34 heavy (non-hydrogen) atoms. The molecule has 4 rings (SSSR count). The molecular weight excluding hydrogens is 468 g/mol. The van der Waals surface area contributed by atoms with E-state index in [0.29, 0.717) is 0 Å². The van der Waals surface area contributed by atoms with Crippen LogP contribution in [0.1, 0.15) is 30.0 Å². The van der Waals surface area contributed by atoms with Crippen LogP contribution in [0.25, 0.3) is 0 Å². The number of benzene rings is 3. The van der Waals surface area contributed by atoms with Crippen LogP contribution < -0.4 is 10.2 Å². The second-order valence-electron chi connectivity index (χ2n) is 8.58. The SMILES string of the molecule is CCS(=O)(=O)c1ccc(CC(=O)Nc2ccc(CCN3CCCc4ccc(Cl)cc43)cc2)cc1. The molecule has 0 atom stereocenters. The Morgan fingerprint density at radius 1 is 1.00 bits per heavy atom. The molecule has 3 aromatic rings. The molecule has 0 saturated heterocycles. The van der Waals surface area contributed by atoms with Crippen LogP contribution in [0.2, 0.25) is 5.02 Å². The van der Waals surface area contributed by atoms with Gasteiger partial charge in [-0.25, -0.2) is 8.42 Å². The van der Waals surface area contributed by atoms with Crippen LogP contribution in [-0.2, 0) is 33.9 Å². The Kier molecular flexibility index (Phi) is 7.59. The number of aryl methyl sites for hydroxylation is 1. The molecule has 5 nitrogen and oxygen atoms in total. The van der Waals surface area contributed by atoms with E-state index < -0.39 is 9.84 Å². The Labute approximate surface area is 206 Å². The molecule has 7 heteroatoms. The van der Waals surface area contributed by atoms with Gasteiger partial charge in [-0.05, 0) is 72.4 Å². The number of sulfone groups is 1. The number of anilines is 2. The van der Waals surface area contributed by atoms with Crippen molar-refractivity contribution >= 4 is 38.7 Å². The van der Waals surface area contributed by atoms with Crippen LogP contribution in [-0.4, -0.2) is 33.2 Å². The zero-order valence-electron chi connectivity index (χ0n) is 19.3. The fourth-order valence-corrected chi connectivity index (χ4v) is 5.30. The maximum absolute atomic E-state index is 12.4. The summed E-state index contributed by atoms with van der Waals surface area (Å²) in [7, 11) is -3.23.